The first-order chi connectivity index (χ1) is 10.3. The van der Waals surface area contributed by atoms with E-state index in [0.29, 0.717) is 0 Å². The van der Waals surface area contributed by atoms with Crippen molar-refractivity contribution < 1.29 is 0 Å². The summed E-state index contributed by atoms with van der Waals surface area (Å²) in [7, 11) is 0. The topological polar surface area (TPSA) is 12.0 Å². The fourth-order valence-corrected chi connectivity index (χ4v) is 3.66. The van der Waals surface area contributed by atoms with Gasteiger partial charge in [0.25, 0.3) is 0 Å². The Bertz CT molecular complexity index is 748. The molecule has 3 heteroatoms. The van der Waals surface area contributed by atoms with Crippen LogP contribution in [0.5, 0.6) is 0 Å². The van der Waals surface area contributed by atoms with Crippen LogP contribution in [0.3, 0.4) is 0 Å². The van der Waals surface area contributed by atoms with E-state index in [1.54, 1.807) is 11.3 Å². The number of rotatable bonds is 5. The molecule has 0 fully saturated rings. The molecular formula is C18H18ClNS. The summed E-state index contributed by atoms with van der Waals surface area (Å²) in [5, 5.41) is 7.66. The van der Waals surface area contributed by atoms with Crippen LogP contribution in [0.4, 0.5) is 0 Å². The van der Waals surface area contributed by atoms with Crippen LogP contribution < -0.4 is 5.32 Å². The summed E-state index contributed by atoms with van der Waals surface area (Å²) in [6.07, 6.45) is 1.13. The van der Waals surface area contributed by atoms with Crippen LogP contribution in [0, 0.1) is 0 Å². The number of hydrogen-bond acceptors (Lipinski definition) is 2. The summed E-state index contributed by atoms with van der Waals surface area (Å²) < 4.78 is 1.32. The first kappa shape index (κ1) is 14.6. The number of hydrogen-bond donors (Lipinski definition) is 1. The number of halogens is 1. The highest BCUT2D eigenvalue weighted by atomic mass is 35.5. The predicted molar refractivity (Wildman–Crippen MR) is 94.3 cm³/mol. The van der Waals surface area contributed by atoms with Gasteiger partial charge in [-0.1, -0.05) is 48.9 Å². The van der Waals surface area contributed by atoms with Crippen LogP contribution in [0.15, 0.2) is 47.8 Å². The lowest BCUT2D eigenvalue weighted by Gasteiger charge is -2.09. The summed E-state index contributed by atoms with van der Waals surface area (Å²) in [5.41, 5.74) is 3.61. The van der Waals surface area contributed by atoms with E-state index >= 15 is 0 Å². The minimum Gasteiger partial charge on any atom is -0.313 e. The zero-order valence-electron chi connectivity index (χ0n) is 12.0. The molecule has 0 aliphatic carbocycles. The molecule has 0 aliphatic heterocycles. The molecule has 1 nitrogen and oxygen atoms in total. The van der Waals surface area contributed by atoms with Gasteiger partial charge in [0.1, 0.15) is 0 Å². The summed E-state index contributed by atoms with van der Waals surface area (Å²) in [6.45, 7) is 4.02. The van der Waals surface area contributed by atoms with Crippen molar-refractivity contribution in [1.29, 1.82) is 0 Å². The maximum Gasteiger partial charge on any atom is 0.0457 e. The van der Waals surface area contributed by atoms with Crippen molar-refractivity contribution in [3.8, 4) is 11.1 Å². The van der Waals surface area contributed by atoms with Gasteiger partial charge in [-0.25, -0.2) is 0 Å². The molecule has 21 heavy (non-hydrogen) atoms. The van der Waals surface area contributed by atoms with Gasteiger partial charge in [-0.2, -0.15) is 0 Å². The second-order valence-electron chi connectivity index (χ2n) is 5.13. The van der Waals surface area contributed by atoms with Gasteiger partial charge in [-0.05, 0) is 52.6 Å². The Morgan fingerprint density at radius 1 is 1.14 bits per heavy atom. The molecule has 1 heterocycles. The van der Waals surface area contributed by atoms with Crippen molar-refractivity contribution in [3.63, 3.8) is 0 Å². The molecule has 0 atom stereocenters. The molecule has 0 saturated heterocycles. The predicted octanol–water partition coefficient (Wildman–Crippen LogP) is 5.72. The van der Waals surface area contributed by atoms with Crippen molar-refractivity contribution in [2.75, 3.05) is 6.54 Å². The minimum atomic E-state index is 0.830. The smallest absolute Gasteiger partial charge is 0.0457 e. The van der Waals surface area contributed by atoms with E-state index in [0.717, 1.165) is 30.1 Å². The van der Waals surface area contributed by atoms with Gasteiger partial charge in [0.2, 0.25) is 0 Å². The highest BCUT2D eigenvalue weighted by molar-refractivity contribution is 7.17. The third-order valence-corrected chi connectivity index (χ3v) is 4.90. The largest absolute Gasteiger partial charge is 0.313 e. The van der Waals surface area contributed by atoms with Crippen LogP contribution >= 0.6 is 22.9 Å². The molecule has 0 amide bonds. The van der Waals surface area contributed by atoms with Crippen molar-refractivity contribution >= 4 is 33.0 Å². The molecule has 1 aromatic heterocycles. The van der Waals surface area contributed by atoms with E-state index in [4.69, 9.17) is 11.6 Å². The maximum absolute atomic E-state index is 6.45. The van der Waals surface area contributed by atoms with Crippen LogP contribution in [-0.4, -0.2) is 6.54 Å². The molecule has 1 N–H and O–H groups in total. The number of benzene rings is 2. The summed E-state index contributed by atoms with van der Waals surface area (Å²) in [4.78, 5) is 0. The molecular weight excluding hydrogens is 298 g/mol. The highest BCUT2D eigenvalue weighted by Crippen LogP contribution is 2.34. The maximum atomic E-state index is 6.45. The zero-order valence-corrected chi connectivity index (χ0v) is 13.6. The molecule has 0 spiro atoms. The van der Waals surface area contributed by atoms with Crippen LogP contribution in [0.25, 0.3) is 21.2 Å². The molecule has 0 saturated carbocycles. The molecule has 3 aromatic rings. The first-order valence-corrected chi connectivity index (χ1v) is 8.51. The van der Waals surface area contributed by atoms with Gasteiger partial charge >= 0.3 is 0 Å². The molecule has 108 valence electrons. The normalized spacial score (nSPS) is 11.1. The third kappa shape index (κ3) is 3.13. The Balaban J connectivity index is 1.93. The van der Waals surface area contributed by atoms with Crippen LogP contribution in [0.2, 0.25) is 5.02 Å². The fraction of sp³-hybridized carbons (Fsp3) is 0.222. The minimum absolute atomic E-state index is 0.830. The zero-order chi connectivity index (χ0) is 14.7. The number of fused-ring (bicyclic) bond motifs is 1. The lowest BCUT2D eigenvalue weighted by Crippen LogP contribution is -2.13. The second kappa shape index (κ2) is 6.61. The van der Waals surface area contributed by atoms with E-state index < -0.39 is 0 Å². The summed E-state index contributed by atoms with van der Waals surface area (Å²) in [5.74, 6) is 0. The van der Waals surface area contributed by atoms with E-state index in [-0.39, 0.29) is 0 Å². The number of thiophene rings is 1. The Kier molecular flexibility index (Phi) is 4.59. The Morgan fingerprint density at radius 2 is 2.05 bits per heavy atom. The van der Waals surface area contributed by atoms with Gasteiger partial charge in [0, 0.05) is 16.3 Å². The highest BCUT2D eigenvalue weighted by Gasteiger charge is 2.07. The lowest BCUT2D eigenvalue weighted by molar-refractivity contribution is 0.675. The Morgan fingerprint density at radius 3 is 2.86 bits per heavy atom. The molecule has 3 rings (SSSR count). The second-order valence-corrected chi connectivity index (χ2v) is 6.45. The van der Waals surface area contributed by atoms with Crippen molar-refractivity contribution in [3.05, 3.63) is 58.4 Å². The van der Waals surface area contributed by atoms with Crippen molar-refractivity contribution in [1.82, 2.24) is 5.32 Å². The van der Waals surface area contributed by atoms with Crippen molar-refractivity contribution in [2.24, 2.45) is 0 Å². The average molecular weight is 316 g/mol. The standard InChI is InChI=1S/C18H18ClNS/c1-2-9-20-12-15-7-6-14(11-17(15)19)16-5-3-4-13-8-10-21-18(13)16/h3-8,10-11,20H,2,9,12H2,1H3. The van der Waals surface area contributed by atoms with E-state index in [1.165, 1.54) is 21.2 Å². The van der Waals surface area contributed by atoms with Gasteiger partial charge in [-0.15, -0.1) is 11.3 Å². The lowest BCUT2D eigenvalue weighted by atomic mass is 10.0. The Hall–Kier alpha value is -1.35. The van der Waals surface area contributed by atoms with Crippen molar-refractivity contribution in [2.45, 2.75) is 19.9 Å². The Labute approximate surface area is 134 Å². The monoisotopic (exact) mass is 315 g/mol. The summed E-state index contributed by atoms with van der Waals surface area (Å²) >= 11 is 8.23. The van der Waals surface area contributed by atoms with Gasteiger partial charge in [0.15, 0.2) is 0 Å². The van der Waals surface area contributed by atoms with Gasteiger partial charge in [-0.3, -0.25) is 0 Å². The van der Waals surface area contributed by atoms with E-state index in [9.17, 15) is 0 Å². The SMILES string of the molecule is CCCNCc1ccc(-c2cccc3ccsc23)cc1Cl. The number of nitrogens with one attached hydrogen (secondary N) is 1. The molecule has 0 aliphatic rings. The van der Waals surface area contributed by atoms with E-state index in [2.05, 4.69) is 60.1 Å². The fourth-order valence-electron chi connectivity index (χ4n) is 2.48. The van der Waals surface area contributed by atoms with E-state index in [1.807, 2.05) is 0 Å². The molecule has 0 radical (unpaired) electrons. The summed E-state index contributed by atoms with van der Waals surface area (Å²) in [6, 6.07) is 15.0. The molecule has 2 aromatic carbocycles. The van der Waals surface area contributed by atoms with Crippen LogP contribution in [-0.2, 0) is 6.54 Å². The third-order valence-electron chi connectivity index (χ3n) is 3.59. The quantitative estimate of drug-likeness (QED) is 0.594. The first-order valence-electron chi connectivity index (χ1n) is 7.25. The van der Waals surface area contributed by atoms with Gasteiger partial charge in [0.05, 0.1) is 0 Å². The van der Waals surface area contributed by atoms with Crippen LogP contribution in [0.1, 0.15) is 18.9 Å². The molecule has 0 bridgehead atoms. The average Bonchev–Trinajstić information content (AvgIpc) is 2.97. The van der Waals surface area contributed by atoms with Gasteiger partial charge < -0.3 is 5.32 Å². The molecule has 0 unspecified atom stereocenters.